The van der Waals surface area contributed by atoms with E-state index in [1.807, 2.05) is 19.2 Å². The Morgan fingerprint density at radius 3 is 3.06 bits per heavy atom. The molecule has 5 nitrogen and oxygen atoms in total. The summed E-state index contributed by atoms with van der Waals surface area (Å²) in [4.78, 5) is 22.6. The molecule has 0 spiro atoms. The number of hydrogen-bond acceptors (Lipinski definition) is 4. The van der Waals surface area contributed by atoms with Gasteiger partial charge in [-0.25, -0.2) is 9.97 Å². The van der Waals surface area contributed by atoms with Crippen LogP contribution in [0.1, 0.15) is 34.0 Å². The third-order valence-electron chi connectivity index (χ3n) is 2.37. The normalized spacial score (nSPS) is 12.4. The van der Waals surface area contributed by atoms with Crippen molar-refractivity contribution in [2.45, 2.75) is 19.8 Å². The Morgan fingerprint density at radius 2 is 2.47 bits per heavy atom. The molecule has 0 bridgehead atoms. The summed E-state index contributed by atoms with van der Waals surface area (Å²) < 4.78 is 0. The van der Waals surface area contributed by atoms with Crippen molar-refractivity contribution in [2.24, 2.45) is 0 Å². The van der Waals surface area contributed by atoms with Gasteiger partial charge in [0.05, 0.1) is 17.5 Å². The maximum Gasteiger partial charge on any atom is 0.269 e. The van der Waals surface area contributed by atoms with Gasteiger partial charge in [0.1, 0.15) is 5.69 Å². The van der Waals surface area contributed by atoms with Gasteiger partial charge in [0, 0.05) is 23.5 Å². The number of carbonyl (C=O) groups is 1. The molecule has 0 saturated heterocycles. The van der Waals surface area contributed by atoms with E-state index < -0.39 is 0 Å². The predicted molar refractivity (Wildman–Crippen MR) is 66.2 cm³/mol. The third kappa shape index (κ3) is 2.91. The van der Waals surface area contributed by atoms with E-state index in [2.05, 4.69) is 20.3 Å². The molecule has 0 saturated carbocycles. The number of H-pyrrole nitrogens is 1. The minimum atomic E-state index is -0.136. The van der Waals surface area contributed by atoms with Crippen LogP contribution in [0, 0.1) is 6.92 Å². The van der Waals surface area contributed by atoms with Gasteiger partial charge < -0.3 is 10.3 Å². The molecule has 90 valence electrons. The predicted octanol–water partition coefficient (Wildman–Crippen LogP) is 1.71. The Morgan fingerprint density at radius 1 is 1.65 bits per heavy atom. The van der Waals surface area contributed by atoms with Crippen LogP contribution in [-0.4, -0.2) is 27.4 Å². The van der Waals surface area contributed by atoms with Crippen molar-refractivity contribution in [1.82, 2.24) is 20.3 Å². The highest BCUT2D eigenvalue weighted by molar-refractivity contribution is 7.09. The summed E-state index contributed by atoms with van der Waals surface area (Å²) in [5.74, 6) is 0.0863. The highest BCUT2D eigenvalue weighted by Crippen LogP contribution is 2.18. The van der Waals surface area contributed by atoms with Crippen LogP contribution in [0.2, 0.25) is 0 Å². The van der Waals surface area contributed by atoms with E-state index in [1.54, 1.807) is 11.3 Å². The maximum atomic E-state index is 11.6. The average Bonchev–Trinajstić information content (AvgIpc) is 2.95. The van der Waals surface area contributed by atoms with Crippen molar-refractivity contribution >= 4 is 17.2 Å². The molecule has 2 heterocycles. The Kier molecular flexibility index (Phi) is 3.53. The molecule has 17 heavy (non-hydrogen) atoms. The Balaban J connectivity index is 1.88. The molecule has 1 unspecified atom stereocenters. The first-order valence-electron chi connectivity index (χ1n) is 5.35. The first-order valence-corrected chi connectivity index (χ1v) is 6.23. The molecular weight excluding hydrogens is 236 g/mol. The van der Waals surface area contributed by atoms with Gasteiger partial charge in [-0.05, 0) is 6.92 Å². The monoisotopic (exact) mass is 250 g/mol. The van der Waals surface area contributed by atoms with E-state index in [9.17, 15) is 4.79 Å². The number of aromatic amines is 1. The first kappa shape index (κ1) is 11.8. The summed E-state index contributed by atoms with van der Waals surface area (Å²) in [7, 11) is 0. The summed E-state index contributed by atoms with van der Waals surface area (Å²) in [6.07, 6.45) is 3.00. The van der Waals surface area contributed by atoms with Crippen molar-refractivity contribution < 1.29 is 4.79 Å². The number of thiazole rings is 1. The van der Waals surface area contributed by atoms with Gasteiger partial charge in [-0.2, -0.15) is 0 Å². The zero-order chi connectivity index (χ0) is 12.3. The molecule has 1 atom stereocenters. The van der Waals surface area contributed by atoms with Crippen molar-refractivity contribution in [2.75, 3.05) is 6.54 Å². The molecule has 2 rings (SSSR count). The summed E-state index contributed by atoms with van der Waals surface area (Å²) >= 11 is 1.62. The number of nitrogens with zero attached hydrogens (tertiary/aromatic N) is 2. The fourth-order valence-electron chi connectivity index (χ4n) is 1.41. The lowest BCUT2D eigenvalue weighted by Crippen LogP contribution is -2.27. The lowest BCUT2D eigenvalue weighted by molar-refractivity contribution is 0.0947. The fraction of sp³-hybridized carbons (Fsp3) is 0.364. The van der Waals surface area contributed by atoms with Crippen LogP contribution in [-0.2, 0) is 0 Å². The number of amides is 1. The number of imidazole rings is 1. The van der Waals surface area contributed by atoms with Crippen molar-refractivity contribution in [1.29, 1.82) is 0 Å². The lowest BCUT2D eigenvalue weighted by Gasteiger charge is -2.09. The maximum absolute atomic E-state index is 11.6. The molecule has 2 N–H and O–H groups in total. The van der Waals surface area contributed by atoms with Crippen molar-refractivity contribution in [3.8, 4) is 0 Å². The van der Waals surface area contributed by atoms with Gasteiger partial charge in [-0.15, -0.1) is 11.3 Å². The van der Waals surface area contributed by atoms with E-state index >= 15 is 0 Å². The molecule has 6 heteroatoms. The number of hydrogen-bond donors (Lipinski definition) is 2. The number of carbonyl (C=O) groups excluding carboxylic acids is 1. The van der Waals surface area contributed by atoms with E-state index in [0.717, 1.165) is 10.7 Å². The standard InChI is InChI=1S/C11H14N4OS/c1-7(11-15-8(2)5-17-11)3-13-10(16)9-4-12-6-14-9/h4-7H,3H2,1-2H3,(H,12,14)(H,13,16). The average molecular weight is 250 g/mol. The van der Waals surface area contributed by atoms with E-state index in [0.29, 0.717) is 12.2 Å². The number of nitrogens with one attached hydrogen (secondary N) is 2. The summed E-state index contributed by atoms with van der Waals surface area (Å²) in [6, 6.07) is 0. The summed E-state index contributed by atoms with van der Waals surface area (Å²) in [5.41, 5.74) is 1.50. The van der Waals surface area contributed by atoms with Gasteiger partial charge in [0.15, 0.2) is 0 Å². The number of aryl methyl sites for hydroxylation is 1. The van der Waals surface area contributed by atoms with Crippen LogP contribution in [0.4, 0.5) is 0 Å². The summed E-state index contributed by atoms with van der Waals surface area (Å²) in [5, 5.41) is 5.91. The van der Waals surface area contributed by atoms with Gasteiger partial charge in [0.2, 0.25) is 0 Å². The second kappa shape index (κ2) is 5.09. The van der Waals surface area contributed by atoms with Crippen LogP contribution < -0.4 is 5.32 Å². The van der Waals surface area contributed by atoms with Crippen LogP contribution in [0.5, 0.6) is 0 Å². The molecule has 0 aliphatic rings. The SMILES string of the molecule is Cc1csc(C(C)CNC(=O)c2cnc[nH]2)n1. The smallest absolute Gasteiger partial charge is 0.269 e. The van der Waals surface area contributed by atoms with Crippen LogP contribution in [0.3, 0.4) is 0 Å². The molecule has 0 radical (unpaired) electrons. The quantitative estimate of drug-likeness (QED) is 0.867. The highest BCUT2D eigenvalue weighted by Gasteiger charge is 2.12. The minimum absolute atomic E-state index is 0.136. The van der Waals surface area contributed by atoms with E-state index in [4.69, 9.17) is 0 Å². The first-order chi connectivity index (χ1) is 8.16. The van der Waals surface area contributed by atoms with E-state index in [-0.39, 0.29) is 11.8 Å². The molecular formula is C11H14N4OS. The van der Waals surface area contributed by atoms with Crippen LogP contribution in [0.25, 0.3) is 0 Å². The fourth-order valence-corrected chi connectivity index (χ4v) is 2.26. The van der Waals surface area contributed by atoms with Crippen LogP contribution >= 0.6 is 11.3 Å². The molecule has 0 fully saturated rings. The van der Waals surface area contributed by atoms with Gasteiger partial charge in [0.25, 0.3) is 5.91 Å². The summed E-state index contributed by atoms with van der Waals surface area (Å²) in [6.45, 7) is 4.59. The van der Waals surface area contributed by atoms with Gasteiger partial charge >= 0.3 is 0 Å². The van der Waals surface area contributed by atoms with E-state index in [1.165, 1.54) is 12.5 Å². The molecule has 2 aromatic rings. The van der Waals surface area contributed by atoms with Crippen molar-refractivity contribution in [3.05, 3.63) is 34.3 Å². The number of aromatic nitrogens is 3. The second-order valence-corrected chi connectivity index (χ2v) is 4.79. The topological polar surface area (TPSA) is 70.7 Å². The molecule has 0 aromatic carbocycles. The molecule has 0 aliphatic carbocycles. The van der Waals surface area contributed by atoms with Gasteiger partial charge in [-0.3, -0.25) is 4.79 Å². The van der Waals surface area contributed by atoms with Gasteiger partial charge in [-0.1, -0.05) is 6.92 Å². The third-order valence-corrected chi connectivity index (χ3v) is 3.56. The van der Waals surface area contributed by atoms with Crippen LogP contribution in [0.15, 0.2) is 17.9 Å². The molecule has 1 amide bonds. The minimum Gasteiger partial charge on any atom is -0.350 e. The Bertz CT molecular complexity index is 491. The number of rotatable bonds is 4. The molecule has 0 aliphatic heterocycles. The Hall–Kier alpha value is -1.69. The second-order valence-electron chi connectivity index (χ2n) is 3.90. The zero-order valence-corrected chi connectivity index (χ0v) is 10.5. The van der Waals surface area contributed by atoms with Crippen molar-refractivity contribution in [3.63, 3.8) is 0 Å². The Labute approximate surface area is 103 Å². The largest absolute Gasteiger partial charge is 0.350 e. The molecule has 2 aromatic heterocycles. The zero-order valence-electron chi connectivity index (χ0n) is 9.73. The lowest BCUT2D eigenvalue weighted by atomic mass is 10.2. The highest BCUT2D eigenvalue weighted by atomic mass is 32.1.